The highest BCUT2D eigenvalue weighted by Crippen LogP contribution is 2.18. The maximum absolute atomic E-state index is 12.9. The fourth-order valence-corrected chi connectivity index (χ4v) is 2.22. The summed E-state index contributed by atoms with van der Waals surface area (Å²) in [6.45, 7) is 1.37. The van der Waals surface area contributed by atoms with Crippen molar-refractivity contribution in [2.24, 2.45) is 0 Å². The number of carbonyl (C=O) groups is 3. The Morgan fingerprint density at radius 3 is 2.04 bits per heavy atom. The average Bonchev–Trinajstić information content (AvgIpc) is 2.59. The molecule has 0 heterocycles. The van der Waals surface area contributed by atoms with E-state index < -0.39 is 0 Å². The number of nitrogens with zero attached hydrogens (tertiary/aromatic N) is 2. The van der Waals surface area contributed by atoms with E-state index in [9.17, 15) is 14.4 Å². The van der Waals surface area contributed by atoms with Gasteiger partial charge < -0.3 is 10.2 Å². The quantitative estimate of drug-likeness (QED) is 0.909. The highest BCUT2D eigenvalue weighted by Gasteiger charge is 2.21. The molecule has 25 heavy (non-hydrogen) atoms. The first-order valence-corrected chi connectivity index (χ1v) is 7.83. The van der Waals surface area contributed by atoms with Crippen molar-refractivity contribution in [3.8, 4) is 0 Å². The molecule has 0 aliphatic carbocycles. The second-order valence-corrected chi connectivity index (χ2v) is 5.77. The molecule has 0 aliphatic heterocycles. The van der Waals surface area contributed by atoms with Gasteiger partial charge in [-0.3, -0.25) is 19.3 Å². The smallest absolute Gasteiger partial charge is 0.258 e. The van der Waals surface area contributed by atoms with E-state index in [1.807, 2.05) is 18.2 Å². The molecular weight excluding hydrogens is 318 g/mol. The zero-order chi connectivity index (χ0) is 18.4. The number of anilines is 2. The van der Waals surface area contributed by atoms with Crippen molar-refractivity contribution in [3.05, 3.63) is 60.2 Å². The van der Waals surface area contributed by atoms with Crippen molar-refractivity contribution in [3.63, 3.8) is 0 Å². The van der Waals surface area contributed by atoms with Crippen LogP contribution in [0.3, 0.4) is 0 Å². The summed E-state index contributed by atoms with van der Waals surface area (Å²) in [6.07, 6.45) is 0. The average molecular weight is 339 g/mol. The number of hydrogen-bond acceptors (Lipinski definition) is 3. The molecule has 0 saturated heterocycles. The van der Waals surface area contributed by atoms with E-state index >= 15 is 0 Å². The lowest BCUT2D eigenvalue weighted by Crippen LogP contribution is -2.40. The summed E-state index contributed by atoms with van der Waals surface area (Å²) < 4.78 is 0. The molecule has 3 amide bonds. The molecule has 0 atom stereocenters. The van der Waals surface area contributed by atoms with Crippen LogP contribution in [0.1, 0.15) is 17.3 Å². The Labute approximate surface area is 147 Å². The van der Waals surface area contributed by atoms with E-state index in [1.165, 1.54) is 16.7 Å². The van der Waals surface area contributed by atoms with E-state index in [4.69, 9.17) is 0 Å². The maximum atomic E-state index is 12.9. The van der Waals surface area contributed by atoms with Crippen LogP contribution in [0.25, 0.3) is 0 Å². The van der Waals surface area contributed by atoms with Crippen molar-refractivity contribution < 1.29 is 14.4 Å². The number of hydrogen-bond donors (Lipinski definition) is 1. The normalized spacial score (nSPS) is 10.0. The van der Waals surface area contributed by atoms with Crippen molar-refractivity contribution in [2.75, 3.05) is 30.9 Å². The largest absolute Gasteiger partial charge is 0.347 e. The minimum absolute atomic E-state index is 0.0523. The van der Waals surface area contributed by atoms with E-state index in [1.54, 1.807) is 50.5 Å². The molecule has 2 aromatic rings. The SMILES string of the molecule is CC(=O)Nc1ccc(C(=O)N(CC(=O)N(C)C)c2ccccc2)cc1. The molecule has 0 bridgehead atoms. The van der Waals surface area contributed by atoms with Gasteiger partial charge in [0.2, 0.25) is 11.8 Å². The maximum Gasteiger partial charge on any atom is 0.258 e. The van der Waals surface area contributed by atoms with Gasteiger partial charge in [-0.1, -0.05) is 18.2 Å². The summed E-state index contributed by atoms with van der Waals surface area (Å²) in [5, 5.41) is 2.65. The Hall–Kier alpha value is -3.15. The summed E-state index contributed by atoms with van der Waals surface area (Å²) in [4.78, 5) is 39.0. The lowest BCUT2D eigenvalue weighted by atomic mass is 10.1. The fraction of sp³-hybridized carbons (Fsp3) is 0.211. The first-order valence-electron chi connectivity index (χ1n) is 7.83. The van der Waals surface area contributed by atoms with Gasteiger partial charge in [-0.2, -0.15) is 0 Å². The molecule has 6 nitrogen and oxygen atoms in total. The minimum atomic E-state index is -0.282. The summed E-state index contributed by atoms with van der Waals surface area (Å²) in [6, 6.07) is 15.6. The molecule has 0 radical (unpaired) electrons. The van der Waals surface area contributed by atoms with Crippen LogP contribution in [0.4, 0.5) is 11.4 Å². The van der Waals surface area contributed by atoms with E-state index in [0.717, 1.165) is 0 Å². The van der Waals surface area contributed by atoms with Gasteiger partial charge in [-0.05, 0) is 36.4 Å². The molecule has 0 aromatic heterocycles. The second kappa shape index (κ2) is 8.10. The molecule has 0 unspecified atom stereocenters. The Morgan fingerprint density at radius 2 is 1.52 bits per heavy atom. The third-order valence-electron chi connectivity index (χ3n) is 3.56. The lowest BCUT2D eigenvalue weighted by molar-refractivity contribution is -0.127. The predicted molar refractivity (Wildman–Crippen MR) is 97.6 cm³/mol. The van der Waals surface area contributed by atoms with Crippen LogP contribution in [0.15, 0.2) is 54.6 Å². The molecule has 6 heteroatoms. The number of carbonyl (C=O) groups excluding carboxylic acids is 3. The highest BCUT2D eigenvalue weighted by molar-refractivity contribution is 6.09. The Balaban J connectivity index is 2.28. The van der Waals surface area contributed by atoms with Crippen LogP contribution in [-0.2, 0) is 9.59 Å². The van der Waals surface area contributed by atoms with Gasteiger partial charge in [0.25, 0.3) is 5.91 Å². The second-order valence-electron chi connectivity index (χ2n) is 5.77. The highest BCUT2D eigenvalue weighted by atomic mass is 16.2. The van der Waals surface area contributed by atoms with Crippen LogP contribution in [0.2, 0.25) is 0 Å². The number of nitrogens with one attached hydrogen (secondary N) is 1. The van der Waals surface area contributed by atoms with Gasteiger partial charge in [0.15, 0.2) is 0 Å². The van der Waals surface area contributed by atoms with Gasteiger partial charge >= 0.3 is 0 Å². The number of amides is 3. The van der Waals surface area contributed by atoms with E-state index in [-0.39, 0.29) is 24.3 Å². The van der Waals surface area contributed by atoms with Gasteiger partial charge in [-0.15, -0.1) is 0 Å². The Kier molecular flexibility index (Phi) is 5.89. The molecule has 0 fully saturated rings. The first-order chi connectivity index (χ1) is 11.9. The minimum Gasteiger partial charge on any atom is -0.347 e. The van der Waals surface area contributed by atoms with Gasteiger partial charge in [0, 0.05) is 38.0 Å². The monoisotopic (exact) mass is 339 g/mol. The zero-order valence-corrected chi connectivity index (χ0v) is 14.5. The molecular formula is C19H21N3O3. The van der Waals surface area contributed by atoms with E-state index in [0.29, 0.717) is 16.9 Å². The lowest BCUT2D eigenvalue weighted by Gasteiger charge is -2.24. The molecule has 0 aliphatic rings. The molecule has 1 N–H and O–H groups in total. The predicted octanol–water partition coefficient (Wildman–Crippen LogP) is 2.38. The molecule has 130 valence electrons. The van der Waals surface area contributed by atoms with Crippen molar-refractivity contribution in [2.45, 2.75) is 6.92 Å². The van der Waals surface area contributed by atoms with Crippen molar-refractivity contribution in [1.82, 2.24) is 4.90 Å². The molecule has 2 rings (SSSR count). The molecule has 2 aromatic carbocycles. The van der Waals surface area contributed by atoms with Crippen molar-refractivity contribution in [1.29, 1.82) is 0 Å². The van der Waals surface area contributed by atoms with Crippen LogP contribution in [-0.4, -0.2) is 43.3 Å². The first kappa shape index (κ1) is 18.2. The molecule has 0 saturated carbocycles. The van der Waals surface area contributed by atoms with E-state index in [2.05, 4.69) is 5.32 Å². The van der Waals surface area contributed by atoms with Crippen LogP contribution in [0, 0.1) is 0 Å². The standard InChI is InChI=1S/C19H21N3O3/c1-14(23)20-16-11-9-15(10-12-16)19(25)22(13-18(24)21(2)3)17-7-5-4-6-8-17/h4-12H,13H2,1-3H3,(H,20,23). The molecule has 0 spiro atoms. The van der Waals surface area contributed by atoms with Crippen molar-refractivity contribution >= 4 is 29.1 Å². The van der Waals surface area contributed by atoms with Gasteiger partial charge in [0.1, 0.15) is 6.54 Å². The fourth-order valence-electron chi connectivity index (χ4n) is 2.22. The summed E-state index contributed by atoms with van der Waals surface area (Å²) >= 11 is 0. The number of benzene rings is 2. The number of rotatable bonds is 5. The summed E-state index contributed by atoms with van der Waals surface area (Å²) in [7, 11) is 3.30. The third-order valence-corrected chi connectivity index (χ3v) is 3.56. The van der Waals surface area contributed by atoms with Gasteiger partial charge in [-0.25, -0.2) is 0 Å². The van der Waals surface area contributed by atoms with Gasteiger partial charge in [0.05, 0.1) is 0 Å². The Bertz CT molecular complexity index is 755. The Morgan fingerprint density at radius 1 is 0.920 bits per heavy atom. The third kappa shape index (κ3) is 4.91. The topological polar surface area (TPSA) is 69.7 Å². The zero-order valence-electron chi connectivity index (χ0n) is 14.5. The number of para-hydroxylation sites is 1. The summed E-state index contributed by atoms with van der Waals surface area (Å²) in [5.41, 5.74) is 1.69. The van der Waals surface area contributed by atoms with Crippen LogP contribution < -0.4 is 10.2 Å². The summed E-state index contributed by atoms with van der Waals surface area (Å²) in [5.74, 6) is -0.635. The number of likely N-dealkylation sites (N-methyl/N-ethyl adjacent to an activating group) is 1. The van der Waals surface area contributed by atoms with Crippen LogP contribution in [0.5, 0.6) is 0 Å². The van der Waals surface area contributed by atoms with Crippen LogP contribution >= 0.6 is 0 Å².